The minimum Gasteiger partial charge on any atom is -0.506 e. The third-order valence-electron chi connectivity index (χ3n) is 1.89. The first kappa shape index (κ1) is 9.04. The Morgan fingerprint density at radius 2 is 2.38 bits per heavy atom. The number of aromatic hydroxyl groups is 1. The van der Waals surface area contributed by atoms with Gasteiger partial charge in [-0.25, -0.2) is 4.98 Å². The fourth-order valence-electron chi connectivity index (χ4n) is 1.19. The van der Waals surface area contributed by atoms with Gasteiger partial charge in [-0.15, -0.1) is 11.3 Å². The highest BCUT2D eigenvalue weighted by Crippen LogP contribution is 2.33. The average Bonchev–Trinajstić information content (AvgIpc) is 2.96. The molecule has 2 N–H and O–H groups in total. The number of rotatable bonds is 2. The van der Waals surface area contributed by atoms with E-state index in [1.165, 1.54) is 17.7 Å². The van der Waals surface area contributed by atoms with Crippen molar-refractivity contribution in [2.75, 3.05) is 0 Å². The summed E-state index contributed by atoms with van der Waals surface area (Å²) in [6, 6.07) is 1.57. The van der Waals surface area contributed by atoms with Gasteiger partial charge in [0.1, 0.15) is 17.0 Å². The number of thiophene rings is 1. The minimum absolute atomic E-state index is 0.123. The second kappa shape index (κ2) is 3.42. The van der Waals surface area contributed by atoms with Crippen LogP contribution in [0.2, 0.25) is 0 Å². The Kier molecular flexibility index (Phi) is 1.93. The number of hydrogen-bond acceptors (Lipinski definition) is 7. The van der Waals surface area contributed by atoms with Crippen LogP contribution < -0.4 is 0 Å². The summed E-state index contributed by atoms with van der Waals surface area (Å²) >= 11 is 1.32. The van der Waals surface area contributed by atoms with E-state index in [1.807, 2.05) is 0 Å². The Bertz CT molecular complexity index is 600. The van der Waals surface area contributed by atoms with Crippen LogP contribution in [0.5, 0.6) is 5.75 Å². The summed E-state index contributed by atoms with van der Waals surface area (Å²) in [7, 11) is 0. The molecule has 0 aromatic carbocycles. The van der Waals surface area contributed by atoms with Crippen molar-refractivity contribution in [1.29, 1.82) is 0 Å². The molecular weight excluding hydrogens is 230 g/mol. The van der Waals surface area contributed by atoms with E-state index in [0.717, 1.165) is 0 Å². The summed E-state index contributed by atoms with van der Waals surface area (Å²) < 4.78 is 5.02. The summed E-state index contributed by atoms with van der Waals surface area (Å²) in [5, 5.41) is 21.3. The maximum Gasteiger partial charge on any atom is 0.272 e. The lowest BCUT2D eigenvalue weighted by molar-refractivity contribution is 0.427. The maximum absolute atomic E-state index is 9.49. The lowest BCUT2D eigenvalue weighted by Crippen LogP contribution is -1.82. The molecule has 0 aliphatic carbocycles. The van der Waals surface area contributed by atoms with E-state index in [4.69, 9.17) is 4.52 Å². The van der Waals surface area contributed by atoms with Crippen LogP contribution in [-0.4, -0.2) is 30.4 Å². The topological polar surface area (TPSA) is 101 Å². The van der Waals surface area contributed by atoms with Crippen molar-refractivity contribution in [1.82, 2.24) is 25.3 Å². The Morgan fingerprint density at radius 3 is 3.06 bits per heavy atom. The van der Waals surface area contributed by atoms with Crippen molar-refractivity contribution in [2.24, 2.45) is 0 Å². The average molecular weight is 235 g/mol. The van der Waals surface area contributed by atoms with Crippen molar-refractivity contribution in [3.8, 4) is 28.2 Å². The predicted octanol–water partition coefficient (Wildman–Crippen LogP) is 1.29. The zero-order valence-corrected chi connectivity index (χ0v) is 8.60. The van der Waals surface area contributed by atoms with Crippen LogP contribution in [0, 0.1) is 0 Å². The zero-order chi connectivity index (χ0) is 11.0. The molecule has 0 spiro atoms. The van der Waals surface area contributed by atoms with Crippen molar-refractivity contribution in [3.05, 3.63) is 17.8 Å². The van der Waals surface area contributed by atoms with Gasteiger partial charge in [0.05, 0.1) is 0 Å². The van der Waals surface area contributed by atoms with E-state index in [1.54, 1.807) is 11.4 Å². The van der Waals surface area contributed by atoms with Crippen molar-refractivity contribution < 1.29 is 9.63 Å². The van der Waals surface area contributed by atoms with Gasteiger partial charge in [0.15, 0.2) is 5.82 Å². The van der Waals surface area contributed by atoms with Crippen molar-refractivity contribution in [3.63, 3.8) is 0 Å². The molecule has 0 aliphatic heterocycles. The zero-order valence-electron chi connectivity index (χ0n) is 7.78. The van der Waals surface area contributed by atoms with Crippen LogP contribution in [0.3, 0.4) is 0 Å². The lowest BCUT2D eigenvalue weighted by Gasteiger charge is -1.87. The highest BCUT2D eigenvalue weighted by Gasteiger charge is 2.16. The van der Waals surface area contributed by atoms with Crippen LogP contribution in [0.25, 0.3) is 22.4 Å². The second-order valence-electron chi connectivity index (χ2n) is 2.89. The Balaban J connectivity index is 2.03. The molecule has 0 atom stereocenters. The highest BCUT2D eigenvalue weighted by atomic mass is 32.1. The molecule has 0 amide bonds. The number of hydrogen-bond donors (Lipinski definition) is 2. The molecule has 0 bridgehead atoms. The molecule has 0 saturated heterocycles. The number of H-pyrrole nitrogens is 1. The SMILES string of the molecule is Oc1ccsc1-c1nc(-c2ncn[nH]2)no1. The summed E-state index contributed by atoms with van der Waals surface area (Å²) in [5.41, 5.74) is 0. The quantitative estimate of drug-likeness (QED) is 0.694. The second-order valence-corrected chi connectivity index (χ2v) is 3.81. The van der Waals surface area contributed by atoms with E-state index in [-0.39, 0.29) is 11.6 Å². The minimum atomic E-state index is 0.123. The molecule has 80 valence electrons. The fourth-order valence-corrected chi connectivity index (χ4v) is 1.89. The molecule has 0 unspecified atom stereocenters. The van der Waals surface area contributed by atoms with Crippen LogP contribution in [0.1, 0.15) is 0 Å². The van der Waals surface area contributed by atoms with Crippen LogP contribution in [0.15, 0.2) is 22.3 Å². The number of nitrogens with one attached hydrogen (secondary N) is 1. The smallest absolute Gasteiger partial charge is 0.272 e. The molecule has 3 rings (SSSR count). The monoisotopic (exact) mass is 235 g/mol. The van der Waals surface area contributed by atoms with Gasteiger partial charge in [0, 0.05) is 0 Å². The third kappa shape index (κ3) is 1.36. The summed E-state index contributed by atoms with van der Waals surface area (Å²) in [5.74, 6) is 1.11. The van der Waals surface area contributed by atoms with Crippen molar-refractivity contribution >= 4 is 11.3 Å². The van der Waals surface area contributed by atoms with E-state index < -0.39 is 0 Å². The van der Waals surface area contributed by atoms with E-state index in [2.05, 4.69) is 25.3 Å². The number of aromatic nitrogens is 5. The van der Waals surface area contributed by atoms with Gasteiger partial charge in [-0.1, -0.05) is 5.16 Å². The van der Waals surface area contributed by atoms with Crippen molar-refractivity contribution in [2.45, 2.75) is 0 Å². The first-order valence-corrected chi connectivity index (χ1v) is 5.19. The van der Waals surface area contributed by atoms with Gasteiger partial charge in [0.25, 0.3) is 5.89 Å². The Labute approximate surface area is 92.8 Å². The maximum atomic E-state index is 9.49. The van der Waals surface area contributed by atoms with Gasteiger partial charge in [-0.05, 0) is 11.4 Å². The molecule has 3 heterocycles. The Morgan fingerprint density at radius 1 is 1.44 bits per heavy atom. The summed E-state index contributed by atoms with van der Waals surface area (Å²) in [6.07, 6.45) is 1.36. The molecule has 16 heavy (non-hydrogen) atoms. The number of aromatic amines is 1. The molecule has 3 aromatic heterocycles. The third-order valence-corrected chi connectivity index (χ3v) is 2.78. The Hall–Kier alpha value is -2.22. The first-order valence-electron chi connectivity index (χ1n) is 4.31. The van der Waals surface area contributed by atoms with Gasteiger partial charge >= 0.3 is 0 Å². The van der Waals surface area contributed by atoms with Gasteiger partial charge in [-0.2, -0.15) is 10.1 Å². The lowest BCUT2D eigenvalue weighted by atomic mass is 10.4. The molecule has 0 aliphatic rings. The molecule has 0 radical (unpaired) electrons. The molecule has 0 fully saturated rings. The van der Waals surface area contributed by atoms with E-state index in [0.29, 0.717) is 16.5 Å². The van der Waals surface area contributed by atoms with Crippen LogP contribution in [0.4, 0.5) is 0 Å². The molecular formula is C8H5N5O2S. The first-order chi connectivity index (χ1) is 7.84. The molecule has 3 aromatic rings. The largest absolute Gasteiger partial charge is 0.506 e. The number of nitrogens with zero attached hydrogens (tertiary/aromatic N) is 4. The fraction of sp³-hybridized carbons (Fsp3) is 0. The standard InChI is InChI=1S/C8H5N5O2S/c14-4-1-2-16-5(4)8-11-7(13-15-8)6-9-3-10-12-6/h1-3,14H,(H,9,10,12). The predicted molar refractivity (Wildman–Crippen MR) is 54.7 cm³/mol. The van der Waals surface area contributed by atoms with Gasteiger partial charge < -0.3 is 9.63 Å². The van der Waals surface area contributed by atoms with Gasteiger partial charge in [0.2, 0.25) is 5.82 Å². The summed E-state index contributed by atoms with van der Waals surface area (Å²) in [6.45, 7) is 0. The van der Waals surface area contributed by atoms with Crippen LogP contribution in [-0.2, 0) is 0 Å². The molecule has 7 nitrogen and oxygen atoms in total. The van der Waals surface area contributed by atoms with E-state index in [9.17, 15) is 5.11 Å². The van der Waals surface area contributed by atoms with E-state index >= 15 is 0 Å². The summed E-state index contributed by atoms with van der Waals surface area (Å²) in [4.78, 5) is 8.53. The highest BCUT2D eigenvalue weighted by molar-refractivity contribution is 7.13. The molecule has 0 saturated carbocycles. The normalized spacial score (nSPS) is 10.8. The molecule has 8 heteroatoms. The van der Waals surface area contributed by atoms with Crippen LogP contribution >= 0.6 is 11.3 Å². The van der Waals surface area contributed by atoms with Gasteiger partial charge in [-0.3, -0.25) is 5.10 Å².